The molecule has 0 aromatic carbocycles. The second kappa shape index (κ2) is 7.21. The Balaban J connectivity index is 2.77. The maximum Gasteiger partial charge on any atom is 0.167 e. The van der Waals surface area contributed by atoms with Crippen LogP contribution in [-0.4, -0.2) is 10.8 Å². The second-order valence-corrected chi connectivity index (χ2v) is 4.53. The van der Waals surface area contributed by atoms with E-state index in [4.69, 9.17) is 0 Å². The highest BCUT2D eigenvalue weighted by Crippen LogP contribution is 2.19. The highest BCUT2D eigenvalue weighted by Gasteiger charge is 2.18. The van der Waals surface area contributed by atoms with Gasteiger partial charge in [0.25, 0.3) is 0 Å². The standard InChI is InChI=1S/C15H23NO/c1-4-7-12(8-5-2)15(17)13-9-10-14(6-3)16-11-13/h9-12H,4-8H2,1-3H3. The third kappa shape index (κ3) is 3.95. The Morgan fingerprint density at radius 1 is 1.18 bits per heavy atom. The van der Waals surface area contributed by atoms with E-state index < -0.39 is 0 Å². The number of aryl methyl sites for hydroxylation is 1. The molecule has 17 heavy (non-hydrogen) atoms. The van der Waals surface area contributed by atoms with Gasteiger partial charge in [0, 0.05) is 23.4 Å². The maximum absolute atomic E-state index is 12.3. The molecule has 2 nitrogen and oxygen atoms in total. The van der Waals surface area contributed by atoms with Crippen molar-refractivity contribution in [2.24, 2.45) is 5.92 Å². The molecule has 0 spiro atoms. The van der Waals surface area contributed by atoms with E-state index in [1.165, 1.54) is 0 Å². The molecular weight excluding hydrogens is 210 g/mol. The molecule has 0 N–H and O–H groups in total. The van der Waals surface area contributed by atoms with Crippen molar-refractivity contribution in [3.8, 4) is 0 Å². The van der Waals surface area contributed by atoms with Gasteiger partial charge in [-0.2, -0.15) is 0 Å². The van der Waals surface area contributed by atoms with E-state index in [1.54, 1.807) is 6.20 Å². The fraction of sp³-hybridized carbons (Fsp3) is 0.600. The molecule has 0 aliphatic heterocycles. The number of ketones is 1. The van der Waals surface area contributed by atoms with Crippen LogP contribution in [0, 0.1) is 5.92 Å². The number of Topliss-reactive ketones (excluding diaryl/α,β-unsaturated/α-hetero) is 1. The van der Waals surface area contributed by atoms with Crippen molar-refractivity contribution in [2.45, 2.75) is 52.9 Å². The van der Waals surface area contributed by atoms with E-state index in [0.717, 1.165) is 43.4 Å². The summed E-state index contributed by atoms with van der Waals surface area (Å²) >= 11 is 0. The van der Waals surface area contributed by atoms with Crippen molar-refractivity contribution in [3.05, 3.63) is 29.6 Å². The molecule has 0 saturated carbocycles. The molecule has 1 rings (SSSR count). The molecule has 0 saturated heterocycles. The van der Waals surface area contributed by atoms with Crippen LogP contribution in [0.15, 0.2) is 18.3 Å². The number of carbonyl (C=O) groups excluding carboxylic acids is 1. The quantitative estimate of drug-likeness (QED) is 0.665. The zero-order valence-electron chi connectivity index (χ0n) is 11.2. The van der Waals surface area contributed by atoms with E-state index in [2.05, 4.69) is 25.8 Å². The molecule has 0 aliphatic carbocycles. The van der Waals surface area contributed by atoms with Gasteiger partial charge in [0.1, 0.15) is 0 Å². The molecule has 0 unspecified atom stereocenters. The van der Waals surface area contributed by atoms with Crippen molar-refractivity contribution in [1.29, 1.82) is 0 Å². The number of carbonyl (C=O) groups is 1. The molecule has 1 aromatic rings. The average molecular weight is 233 g/mol. The predicted molar refractivity (Wildman–Crippen MR) is 71.3 cm³/mol. The number of aromatic nitrogens is 1. The van der Waals surface area contributed by atoms with Gasteiger partial charge < -0.3 is 0 Å². The molecule has 0 radical (unpaired) electrons. The van der Waals surface area contributed by atoms with Crippen LogP contribution in [0.5, 0.6) is 0 Å². The number of pyridine rings is 1. The lowest BCUT2D eigenvalue weighted by Gasteiger charge is -2.13. The van der Waals surface area contributed by atoms with Crippen LogP contribution < -0.4 is 0 Å². The van der Waals surface area contributed by atoms with Gasteiger partial charge in [-0.25, -0.2) is 0 Å². The zero-order chi connectivity index (χ0) is 12.7. The van der Waals surface area contributed by atoms with Crippen molar-refractivity contribution in [1.82, 2.24) is 4.98 Å². The summed E-state index contributed by atoms with van der Waals surface area (Å²) < 4.78 is 0. The summed E-state index contributed by atoms with van der Waals surface area (Å²) in [5.41, 5.74) is 1.82. The first-order valence-corrected chi connectivity index (χ1v) is 6.72. The van der Waals surface area contributed by atoms with Gasteiger partial charge in [0.15, 0.2) is 5.78 Å². The zero-order valence-corrected chi connectivity index (χ0v) is 11.2. The van der Waals surface area contributed by atoms with E-state index in [1.807, 2.05) is 12.1 Å². The first kappa shape index (κ1) is 13.9. The second-order valence-electron chi connectivity index (χ2n) is 4.53. The Bertz CT molecular complexity index is 336. The van der Waals surface area contributed by atoms with Gasteiger partial charge in [0.2, 0.25) is 0 Å². The van der Waals surface area contributed by atoms with Crippen LogP contribution in [0.2, 0.25) is 0 Å². The number of hydrogen-bond donors (Lipinski definition) is 0. The number of hydrogen-bond acceptors (Lipinski definition) is 2. The fourth-order valence-corrected chi connectivity index (χ4v) is 2.12. The van der Waals surface area contributed by atoms with Crippen LogP contribution in [0.1, 0.15) is 62.5 Å². The predicted octanol–water partition coefficient (Wildman–Crippen LogP) is 4.04. The van der Waals surface area contributed by atoms with Gasteiger partial charge in [-0.05, 0) is 31.4 Å². The van der Waals surface area contributed by atoms with E-state index in [9.17, 15) is 4.79 Å². The highest BCUT2D eigenvalue weighted by molar-refractivity contribution is 5.97. The molecule has 94 valence electrons. The first-order chi connectivity index (χ1) is 8.22. The molecule has 0 aliphatic rings. The summed E-state index contributed by atoms with van der Waals surface area (Å²) in [5, 5.41) is 0. The minimum atomic E-state index is 0.180. The minimum Gasteiger partial charge on any atom is -0.294 e. The largest absolute Gasteiger partial charge is 0.294 e. The highest BCUT2D eigenvalue weighted by atomic mass is 16.1. The summed E-state index contributed by atoms with van der Waals surface area (Å²) in [6.45, 7) is 6.34. The number of rotatable bonds is 7. The SMILES string of the molecule is CCCC(CCC)C(=O)c1ccc(CC)nc1. The molecule has 1 aromatic heterocycles. The van der Waals surface area contributed by atoms with Gasteiger partial charge in [-0.3, -0.25) is 9.78 Å². The Morgan fingerprint density at radius 2 is 1.82 bits per heavy atom. The summed E-state index contributed by atoms with van der Waals surface area (Å²) in [6, 6.07) is 3.88. The topological polar surface area (TPSA) is 30.0 Å². The summed E-state index contributed by atoms with van der Waals surface area (Å²) in [4.78, 5) is 16.6. The molecule has 0 amide bonds. The summed E-state index contributed by atoms with van der Waals surface area (Å²) in [5.74, 6) is 0.447. The third-order valence-electron chi connectivity index (χ3n) is 3.12. The summed E-state index contributed by atoms with van der Waals surface area (Å²) in [7, 11) is 0. The van der Waals surface area contributed by atoms with Crippen LogP contribution in [0.4, 0.5) is 0 Å². The first-order valence-electron chi connectivity index (χ1n) is 6.72. The lowest BCUT2D eigenvalue weighted by Crippen LogP contribution is -2.15. The Hall–Kier alpha value is -1.18. The lowest BCUT2D eigenvalue weighted by atomic mass is 9.90. The molecule has 0 fully saturated rings. The lowest BCUT2D eigenvalue weighted by molar-refractivity contribution is 0.0904. The van der Waals surface area contributed by atoms with Gasteiger partial charge in [-0.1, -0.05) is 33.6 Å². The van der Waals surface area contributed by atoms with Crippen molar-refractivity contribution >= 4 is 5.78 Å². The molecule has 0 atom stereocenters. The summed E-state index contributed by atoms with van der Waals surface area (Å²) in [6.07, 6.45) is 6.76. The maximum atomic E-state index is 12.3. The van der Waals surface area contributed by atoms with Gasteiger partial charge in [0.05, 0.1) is 0 Å². The minimum absolute atomic E-state index is 0.180. The van der Waals surface area contributed by atoms with Crippen molar-refractivity contribution in [3.63, 3.8) is 0 Å². The normalized spacial score (nSPS) is 10.8. The van der Waals surface area contributed by atoms with Crippen molar-refractivity contribution in [2.75, 3.05) is 0 Å². The fourth-order valence-electron chi connectivity index (χ4n) is 2.12. The monoisotopic (exact) mass is 233 g/mol. The van der Waals surface area contributed by atoms with Gasteiger partial charge in [-0.15, -0.1) is 0 Å². The average Bonchev–Trinajstić information content (AvgIpc) is 2.38. The Labute approximate surface area is 104 Å². The van der Waals surface area contributed by atoms with Crippen molar-refractivity contribution < 1.29 is 4.79 Å². The van der Waals surface area contributed by atoms with Crippen LogP contribution in [0.25, 0.3) is 0 Å². The number of nitrogens with zero attached hydrogens (tertiary/aromatic N) is 1. The smallest absolute Gasteiger partial charge is 0.167 e. The van der Waals surface area contributed by atoms with Gasteiger partial charge >= 0.3 is 0 Å². The Morgan fingerprint density at radius 3 is 2.24 bits per heavy atom. The Kier molecular flexibility index (Phi) is 5.88. The van der Waals surface area contributed by atoms with E-state index >= 15 is 0 Å². The van der Waals surface area contributed by atoms with E-state index in [-0.39, 0.29) is 11.7 Å². The molecular formula is C15H23NO. The third-order valence-corrected chi connectivity index (χ3v) is 3.12. The van der Waals surface area contributed by atoms with Crippen LogP contribution in [-0.2, 0) is 6.42 Å². The molecule has 1 heterocycles. The molecule has 2 heteroatoms. The molecule has 0 bridgehead atoms. The van der Waals surface area contributed by atoms with E-state index in [0.29, 0.717) is 0 Å². The van der Waals surface area contributed by atoms with Crippen LogP contribution >= 0.6 is 0 Å². The van der Waals surface area contributed by atoms with Crippen LogP contribution in [0.3, 0.4) is 0 Å².